The van der Waals surface area contributed by atoms with Crippen LogP contribution in [0.1, 0.15) is 57.7 Å². The third-order valence-corrected chi connectivity index (χ3v) is 11.2. The van der Waals surface area contributed by atoms with Crippen molar-refractivity contribution in [3.05, 3.63) is 53.1 Å². The molecule has 0 amide bonds. The molecule has 3 fully saturated rings. The molecule has 0 saturated heterocycles. The van der Waals surface area contributed by atoms with Gasteiger partial charge in [0.05, 0.1) is 23.7 Å². The summed E-state index contributed by atoms with van der Waals surface area (Å²) < 4.78 is 26.3. The molecule has 1 aromatic heterocycles. The van der Waals surface area contributed by atoms with Crippen LogP contribution >= 0.6 is 12.6 Å². The Morgan fingerprint density at radius 3 is 2.65 bits per heavy atom. The molecule has 0 spiro atoms. The average molecular weight is 569 g/mol. The molecule has 4 aliphatic carbocycles. The van der Waals surface area contributed by atoms with Crippen LogP contribution in [0.5, 0.6) is 0 Å². The second-order valence-corrected chi connectivity index (χ2v) is 13.2. The highest BCUT2D eigenvalue weighted by molar-refractivity contribution is 7.96. The Balaban J connectivity index is 1.37. The number of fused-ring (bicyclic) bond motifs is 6. The van der Waals surface area contributed by atoms with E-state index in [1.165, 1.54) is 24.8 Å². The number of thiol groups is 1. The van der Waals surface area contributed by atoms with Crippen LogP contribution in [-0.2, 0) is 25.5 Å². The van der Waals surface area contributed by atoms with Crippen molar-refractivity contribution in [1.82, 2.24) is 9.78 Å². The second-order valence-electron chi connectivity index (χ2n) is 12.8. The van der Waals surface area contributed by atoms with E-state index in [0.717, 1.165) is 36.2 Å². The van der Waals surface area contributed by atoms with Gasteiger partial charge in [0.2, 0.25) is 5.12 Å². The lowest BCUT2D eigenvalue weighted by atomic mass is 9.44. The number of hydrogen-bond acceptors (Lipinski definition) is 6. The predicted octanol–water partition coefficient (Wildman–Crippen LogP) is 4.80. The van der Waals surface area contributed by atoms with Crippen LogP contribution in [0.3, 0.4) is 0 Å². The van der Waals surface area contributed by atoms with Crippen LogP contribution < -0.4 is 0 Å². The Bertz CT molecular complexity index is 1390. The van der Waals surface area contributed by atoms with Crippen LogP contribution in [0.25, 0.3) is 11.8 Å². The molecule has 3 saturated carbocycles. The summed E-state index contributed by atoms with van der Waals surface area (Å²) in [5, 5.41) is 16.1. The van der Waals surface area contributed by atoms with Crippen molar-refractivity contribution in [2.24, 2.45) is 34.5 Å². The van der Waals surface area contributed by atoms with Crippen molar-refractivity contribution in [1.29, 1.82) is 0 Å². The fourth-order valence-electron chi connectivity index (χ4n) is 9.30. The zero-order valence-electron chi connectivity index (χ0n) is 23.4. The van der Waals surface area contributed by atoms with Crippen LogP contribution in [0, 0.1) is 40.3 Å². The van der Waals surface area contributed by atoms with Gasteiger partial charge in [0.15, 0.2) is 5.60 Å². The Morgan fingerprint density at radius 2 is 1.98 bits per heavy atom. The normalized spacial score (nSPS) is 38.0. The van der Waals surface area contributed by atoms with E-state index < -0.39 is 28.2 Å². The van der Waals surface area contributed by atoms with Crippen LogP contribution in [0.15, 0.2) is 36.0 Å². The molecule has 0 bridgehead atoms. The molecule has 1 aromatic carbocycles. The van der Waals surface area contributed by atoms with Crippen LogP contribution in [-0.4, -0.2) is 51.4 Å². The van der Waals surface area contributed by atoms with Crippen LogP contribution in [0.4, 0.5) is 4.39 Å². The van der Waals surface area contributed by atoms with E-state index >= 15 is 0 Å². The summed E-state index contributed by atoms with van der Waals surface area (Å²) in [5.41, 5.74) is 1.79. The van der Waals surface area contributed by atoms with Crippen LogP contribution in [0.2, 0.25) is 0 Å². The number of benzene rings is 1. The van der Waals surface area contributed by atoms with Gasteiger partial charge in [-0.3, -0.25) is 4.79 Å². The number of carbonyl (C=O) groups is 2. The molecule has 1 heterocycles. The lowest BCUT2D eigenvalue weighted by Gasteiger charge is -2.61. The first kappa shape index (κ1) is 27.7. The summed E-state index contributed by atoms with van der Waals surface area (Å²) in [6.07, 6.45) is 6.51. The number of carbonyl (C=O) groups excluding carboxylic acids is 2. The monoisotopic (exact) mass is 568 g/mol. The minimum absolute atomic E-state index is 0.0177. The molecule has 4 aliphatic rings. The largest absolute Gasteiger partial charge is 0.448 e. The number of nitrogens with zero attached hydrogens (tertiary/aromatic N) is 2. The van der Waals surface area contributed by atoms with Gasteiger partial charge < -0.3 is 14.6 Å². The number of aliphatic hydroxyl groups excluding tert-OH is 1. The van der Waals surface area contributed by atoms with Gasteiger partial charge in [-0.1, -0.05) is 26.3 Å². The predicted molar refractivity (Wildman–Crippen MR) is 150 cm³/mol. The number of esters is 1. The number of allylic oxidation sites excluding steroid dienone is 1. The number of aromatic nitrogens is 2. The number of hydrogen-bond donors (Lipinski definition) is 2. The zero-order valence-corrected chi connectivity index (χ0v) is 24.3. The van der Waals surface area contributed by atoms with Gasteiger partial charge in [-0.25, -0.2) is 13.9 Å². The van der Waals surface area contributed by atoms with E-state index in [1.807, 2.05) is 17.8 Å². The fourth-order valence-corrected chi connectivity index (χ4v) is 9.72. The maximum atomic E-state index is 13.6. The molecule has 0 unspecified atom stereocenters. The Hall–Kier alpha value is -2.49. The quantitative estimate of drug-likeness (QED) is 0.398. The summed E-state index contributed by atoms with van der Waals surface area (Å²) in [7, 11) is 1.42. The molecule has 214 valence electrons. The van der Waals surface area contributed by atoms with Crippen molar-refractivity contribution in [2.45, 2.75) is 64.6 Å². The van der Waals surface area contributed by atoms with Gasteiger partial charge in [-0.05, 0) is 97.1 Å². The SMILES string of the molecule is COCC(=O)O[C@]1(C(=O)S)CC[C@H]2[C@@H]3C[C@H](C)C4=Cc5c(cnn5-c5ccc(F)cc5)C[C@]4(C)[C@H]3[C@@H](O)C[C@@]21C. The van der Waals surface area contributed by atoms with Gasteiger partial charge in [0.25, 0.3) is 0 Å². The molecule has 2 aromatic rings. The Kier molecular flexibility index (Phi) is 6.59. The van der Waals surface area contributed by atoms with E-state index in [-0.39, 0.29) is 41.5 Å². The molecular formula is C31H37FN2O5S. The maximum Gasteiger partial charge on any atom is 0.333 e. The van der Waals surface area contributed by atoms with E-state index in [4.69, 9.17) is 9.47 Å². The first-order valence-corrected chi connectivity index (χ1v) is 14.6. The summed E-state index contributed by atoms with van der Waals surface area (Å²) >= 11 is 4.24. The lowest BCUT2D eigenvalue weighted by Crippen LogP contribution is -2.63. The lowest BCUT2D eigenvalue weighted by molar-refractivity contribution is -0.199. The first-order valence-electron chi connectivity index (χ1n) is 14.1. The van der Waals surface area contributed by atoms with Crippen molar-refractivity contribution in [2.75, 3.05) is 13.7 Å². The molecule has 0 aliphatic heterocycles. The number of ether oxygens (including phenoxy) is 2. The maximum absolute atomic E-state index is 13.6. The third kappa shape index (κ3) is 3.80. The minimum Gasteiger partial charge on any atom is -0.448 e. The highest BCUT2D eigenvalue weighted by Gasteiger charge is 2.70. The number of methoxy groups -OCH3 is 1. The molecule has 1 N–H and O–H groups in total. The Morgan fingerprint density at radius 1 is 1.25 bits per heavy atom. The Labute approximate surface area is 239 Å². The van der Waals surface area contributed by atoms with Crippen molar-refractivity contribution in [3.63, 3.8) is 0 Å². The molecule has 40 heavy (non-hydrogen) atoms. The minimum atomic E-state index is -1.39. The summed E-state index contributed by atoms with van der Waals surface area (Å²) in [6.45, 7) is 6.27. The van der Waals surface area contributed by atoms with Gasteiger partial charge in [0.1, 0.15) is 12.4 Å². The van der Waals surface area contributed by atoms with Gasteiger partial charge >= 0.3 is 5.97 Å². The van der Waals surface area contributed by atoms with Crippen molar-refractivity contribution in [3.8, 4) is 5.69 Å². The molecule has 7 nitrogen and oxygen atoms in total. The van der Waals surface area contributed by atoms with Gasteiger partial charge in [-0.2, -0.15) is 5.10 Å². The second kappa shape index (κ2) is 9.53. The third-order valence-electron chi connectivity index (χ3n) is 10.8. The van der Waals surface area contributed by atoms with Crippen molar-refractivity contribution >= 4 is 29.8 Å². The van der Waals surface area contributed by atoms with E-state index in [2.05, 4.69) is 37.7 Å². The summed E-state index contributed by atoms with van der Waals surface area (Å²) in [6, 6.07) is 6.35. The first-order chi connectivity index (χ1) is 18.9. The van der Waals surface area contributed by atoms with Gasteiger partial charge in [-0.15, -0.1) is 12.6 Å². The van der Waals surface area contributed by atoms with E-state index in [9.17, 15) is 19.1 Å². The number of halogens is 1. The molecule has 6 rings (SSSR count). The number of aliphatic hydroxyl groups is 1. The topological polar surface area (TPSA) is 90.7 Å². The smallest absolute Gasteiger partial charge is 0.333 e. The van der Waals surface area contributed by atoms with Gasteiger partial charge in [0, 0.05) is 12.5 Å². The summed E-state index contributed by atoms with van der Waals surface area (Å²) in [4.78, 5) is 25.7. The highest BCUT2D eigenvalue weighted by Crippen LogP contribution is 2.69. The van der Waals surface area contributed by atoms with E-state index in [1.54, 1.807) is 12.1 Å². The zero-order chi connectivity index (χ0) is 28.6. The van der Waals surface area contributed by atoms with Crippen molar-refractivity contribution < 1.29 is 28.6 Å². The molecule has 9 heteroatoms. The summed E-state index contributed by atoms with van der Waals surface area (Å²) in [5.74, 6) is -0.411. The van der Waals surface area contributed by atoms with E-state index in [0.29, 0.717) is 12.8 Å². The molecule has 8 atom stereocenters. The standard InChI is InChI=1S/C31H37FN2O5S/c1-17-11-21-22-9-10-31(28(37)40,39-26(36)16-38-4)30(22,3)14-25(35)27(21)29(2)13-18-15-33-34(24(18)12-23(17)29)20-7-5-19(32)6-8-20/h5-8,12,15,17,21-22,25,27,35H,9-11,13-14,16H2,1-4H3,(H,37,40)/t17-,21-,22-,25-,27+,29-,30-,31-/m0/s1. The molecule has 0 radical (unpaired) electrons. The molecular weight excluding hydrogens is 531 g/mol. The fraction of sp³-hybridized carbons (Fsp3) is 0.581. The number of rotatable bonds is 5. The average Bonchev–Trinajstić information content (AvgIpc) is 3.41. The highest BCUT2D eigenvalue weighted by atomic mass is 32.1.